The fraction of sp³-hybridized carbons (Fsp3) is 0.250. The molecule has 0 saturated carbocycles. The molecule has 150 valence electrons. The number of anilines is 1. The van der Waals surface area contributed by atoms with E-state index < -0.39 is 10.0 Å². The molecule has 0 fully saturated rings. The van der Waals surface area contributed by atoms with Crippen LogP contribution in [0.5, 0.6) is 5.75 Å². The molecule has 5 heteroatoms. The molecule has 1 aliphatic carbocycles. The van der Waals surface area contributed by atoms with Gasteiger partial charge >= 0.3 is 0 Å². The summed E-state index contributed by atoms with van der Waals surface area (Å²) in [4.78, 5) is 0.303. The second-order valence-electron chi connectivity index (χ2n) is 7.40. The lowest BCUT2D eigenvalue weighted by Crippen LogP contribution is -2.30. The van der Waals surface area contributed by atoms with Crippen LogP contribution < -0.4 is 9.04 Å². The molecule has 3 aromatic rings. The molecule has 0 atom stereocenters. The molecule has 0 bridgehead atoms. The smallest absolute Gasteiger partial charge is 0.264 e. The van der Waals surface area contributed by atoms with Crippen LogP contribution in [0.4, 0.5) is 5.69 Å². The van der Waals surface area contributed by atoms with Crippen molar-refractivity contribution in [2.75, 3.05) is 10.8 Å². The topological polar surface area (TPSA) is 46.6 Å². The second kappa shape index (κ2) is 7.91. The van der Waals surface area contributed by atoms with Gasteiger partial charge in [-0.2, -0.15) is 0 Å². The molecular weight excluding hydrogens is 382 g/mol. The van der Waals surface area contributed by atoms with Crippen molar-refractivity contribution in [1.82, 2.24) is 0 Å². The summed E-state index contributed by atoms with van der Waals surface area (Å²) in [6.45, 7) is 4.08. The van der Waals surface area contributed by atoms with Crippen LogP contribution in [0, 0.1) is 6.92 Å². The fourth-order valence-electron chi connectivity index (χ4n) is 3.90. The largest absolute Gasteiger partial charge is 0.490 e. The number of nitrogens with zero attached hydrogens (tertiary/aromatic N) is 1. The van der Waals surface area contributed by atoms with E-state index in [9.17, 15) is 8.42 Å². The van der Waals surface area contributed by atoms with Gasteiger partial charge in [0.2, 0.25) is 0 Å². The van der Waals surface area contributed by atoms with E-state index in [1.165, 1.54) is 15.4 Å². The van der Waals surface area contributed by atoms with Crippen molar-refractivity contribution in [3.63, 3.8) is 0 Å². The van der Waals surface area contributed by atoms with Gasteiger partial charge in [-0.3, -0.25) is 4.31 Å². The Labute approximate surface area is 172 Å². The van der Waals surface area contributed by atoms with E-state index in [4.69, 9.17) is 4.74 Å². The summed E-state index contributed by atoms with van der Waals surface area (Å²) < 4.78 is 34.0. The van der Waals surface area contributed by atoms with Crippen LogP contribution >= 0.6 is 0 Å². The number of fused-ring (bicyclic) bond motifs is 1. The molecular formula is C24H25NO3S. The SMILES string of the molecule is CCN(c1cccc(OC2Cc3ccccc3C2)c1)S(=O)(=O)c1cccc(C)c1. The number of rotatable bonds is 6. The van der Waals surface area contributed by atoms with Crippen LogP contribution in [0.1, 0.15) is 23.6 Å². The third-order valence-electron chi connectivity index (χ3n) is 5.29. The molecule has 4 rings (SSSR count). The van der Waals surface area contributed by atoms with Crippen LogP contribution in [0.25, 0.3) is 0 Å². The first-order valence-corrected chi connectivity index (χ1v) is 11.3. The van der Waals surface area contributed by atoms with Crippen molar-refractivity contribution in [3.05, 3.63) is 89.5 Å². The van der Waals surface area contributed by atoms with E-state index >= 15 is 0 Å². The van der Waals surface area contributed by atoms with Crippen molar-refractivity contribution in [2.24, 2.45) is 0 Å². The monoisotopic (exact) mass is 407 g/mol. The predicted octanol–water partition coefficient (Wildman–Crippen LogP) is 4.76. The maximum atomic E-state index is 13.2. The molecule has 4 nitrogen and oxygen atoms in total. The average molecular weight is 408 g/mol. The lowest BCUT2D eigenvalue weighted by Gasteiger charge is -2.24. The van der Waals surface area contributed by atoms with E-state index in [-0.39, 0.29) is 6.10 Å². The normalized spacial score (nSPS) is 13.9. The first kappa shape index (κ1) is 19.5. The van der Waals surface area contributed by atoms with Crippen molar-refractivity contribution in [2.45, 2.75) is 37.7 Å². The summed E-state index contributed by atoms with van der Waals surface area (Å²) in [7, 11) is -3.64. The van der Waals surface area contributed by atoms with Crippen molar-refractivity contribution in [3.8, 4) is 5.75 Å². The Bertz CT molecular complexity index is 1100. The Morgan fingerprint density at radius 3 is 2.28 bits per heavy atom. The standard InChI is InChI=1S/C24H25NO3S/c1-3-25(29(26,27)24-13-6-8-18(2)14-24)21-11-7-12-22(17-21)28-23-15-19-9-4-5-10-20(19)16-23/h4-14,17,23H,3,15-16H2,1-2H3. The third-order valence-corrected chi connectivity index (χ3v) is 7.19. The Morgan fingerprint density at radius 2 is 1.62 bits per heavy atom. The quantitative estimate of drug-likeness (QED) is 0.592. The minimum Gasteiger partial charge on any atom is -0.490 e. The molecule has 3 aromatic carbocycles. The zero-order chi connectivity index (χ0) is 20.4. The van der Waals surface area contributed by atoms with Crippen molar-refractivity contribution >= 4 is 15.7 Å². The first-order chi connectivity index (χ1) is 14.0. The predicted molar refractivity (Wildman–Crippen MR) is 116 cm³/mol. The van der Waals surface area contributed by atoms with Crippen LogP contribution in [0.15, 0.2) is 77.7 Å². The van der Waals surface area contributed by atoms with E-state index in [0.29, 0.717) is 22.9 Å². The second-order valence-corrected chi connectivity index (χ2v) is 9.26. The first-order valence-electron chi connectivity index (χ1n) is 9.90. The average Bonchev–Trinajstić information content (AvgIpc) is 3.11. The number of hydrogen-bond acceptors (Lipinski definition) is 3. The number of aryl methyl sites for hydroxylation is 1. The number of ether oxygens (including phenoxy) is 1. The van der Waals surface area contributed by atoms with Gasteiger partial charge in [0, 0.05) is 25.5 Å². The van der Waals surface area contributed by atoms with Gasteiger partial charge in [-0.1, -0.05) is 42.5 Å². The van der Waals surface area contributed by atoms with Gasteiger partial charge < -0.3 is 4.74 Å². The molecule has 0 aromatic heterocycles. The maximum Gasteiger partial charge on any atom is 0.264 e. The molecule has 0 unspecified atom stereocenters. The van der Waals surface area contributed by atoms with Crippen LogP contribution in [-0.4, -0.2) is 21.1 Å². The molecule has 29 heavy (non-hydrogen) atoms. The van der Waals surface area contributed by atoms with E-state index in [2.05, 4.69) is 24.3 Å². The molecule has 0 saturated heterocycles. The minimum atomic E-state index is -3.64. The van der Waals surface area contributed by atoms with Gasteiger partial charge in [0.15, 0.2) is 0 Å². The zero-order valence-electron chi connectivity index (χ0n) is 16.7. The molecule has 0 amide bonds. The van der Waals surface area contributed by atoms with Crippen molar-refractivity contribution in [1.29, 1.82) is 0 Å². The van der Waals surface area contributed by atoms with E-state index in [1.807, 2.05) is 44.2 Å². The number of benzene rings is 3. The molecule has 0 radical (unpaired) electrons. The minimum absolute atomic E-state index is 0.0751. The molecule has 1 aliphatic rings. The van der Waals surface area contributed by atoms with Gasteiger partial charge in [0.1, 0.15) is 11.9 Å². The summed E-state index contributed by atoms with van der Waals surface area (Å²) in [5.41, 5.74) is 4.18. The lowest BCUT2D eigenvalue weighted by molar-refractivity contribution is 0.214. The van der Waals surface area contributed by atoms with E-state index in [1.54, 1.807) is 18.2 Å². The maximum absolute atomic E-state index is 13.2. The Kier molecular flexibility index (Phi) is 5.33. The highest BCUT2D eigenvalue weighted by molar-refractivity contribution is 7.92. The van der Waals surface area contributed by atoms with Crippen LogP contribution in [-0.2, 0) is 22.9 Å². The van der Waals surface area contributed by atoms with Gasteiger partial charge in [-0.25, -0.2) is 8.42 Å². The highest BCUT2D eigenvalue weighted by Crippen LogP contribution is 2.30. The Morgan fingerprint density at radius 1 is 0.931 bits per heavy atom. The third kappa shape index (κ3) is 4.01. The molecule has 0 N–H and O–H groups in total. The van der Waals surface area contributed by atoms with Crippen molar-refractivity contribution < 1.29 is 13.2 Å². The summed E-state index contributed by atoms with van der Waals surface area (Å²) in [6, 6.07) is 22.8. The highest BCUT2D eigenvalue weighted by atomic mass is 32.2. The molecule has 0 spiro atoms. The summed E-state index contributed by atoms with van der Waals surface area (Å²) in [5, 5.41) is 0. The number of sulfonamides is 1. The Balaban J connectivity index is 1.57. The Hall–Kier alpha value is -2.79. The van der Waals surface area contributed by atoms with E-state index in [0.717, 1.165) is 18.4 Å². The van der Waals surface area contributed by atoms with Gasteiger partial charge in [-0.15, -0.1) is 0 Å². The number of hydrogen-bond donors (Lipinski definition) is 0. The summed E-state index contributed by atoms with van der Waals surface area (Å²) >= 11 is 0. The molecule has 0 heterocycles. The fourth-order valence-corrected chi connectivity index (χ4v) is 5.47. The highest BCUT2D eigenvalue weighted by Gasteiger charge is 2.25. The lowest BCUT2D eigenvalue weighted by atomic mass is 10.1. The van der Waals surface area contributed by atoms with Gasteiger partial charge in [-0.05, 0) is 54.8 Å². The summed E-state index contributed by atoms with van der Waals surface area (Å²) in [5.74, 6) is 0.693. The van der Waals surface area contributed by atoms with Crippen LogP contribution in [0.2, 0.25) is 0 Å². The molecule has 0 aliphatic heterocycles. The van der Waals surface area contributed by atoms with Gasteiger partial charge in [0.25, 0.3) is 10.0 Å². The zero-order valence-corrected chi connectivity index (χ0v) is 17.5. The summed E-state index contributed by atoms with van der Waals surface area (Å²) in [6.07, 6.45) is 1.82. The van der Waals surface area contributed by atoms with Crippen LogP contribution in [0.3, 0.4) is 0 Å². The van der Waals surface area contributed by atoms with Gasteiger partial charge in [0.05, 0.1) is 10.6 Å².